The van der Waals surface area contributed by atoms with E-state index >= 15 is 0 Å². The van der Waals surface area contributed by atoms with Crippen LogP contribution in [-0.4, -0.2) is 63.6 Å². The van der Waals surface area contributed by atoms with Crippen LogP contribution >= 0.6 is 27.3 Å². The molecule has 2 aromatic rings. The van der Waals surface area contributed by atoms with Gasteiger partial charge in [0.25, 0.3) is 5.91 Å². The number of morpholine rings is 1. The molecule has 0 unspecified atom stereocenters. The maximum atomic E-state index is 13.1. The zero-order valence-electron chi connectivity index (χ0n) is 15.6. The minimum absolute atomic E-state index is 0.161. The smallest absolute Gasteiger partial charge is 0.343 e. The molecule has 1 fully saturated rings. The van der Waals surface area contributed by atoms with Crippen molar-refractivity contribution >= 4 is 39.1 Å². The Kier molecular flexibility index (Phi) is 5.93. The number of ether oxygens (including phenoxy) is 5. The summed E-state index contributed by atoms with van der Waals surface area (Å²) in [7, 11) is 1.28. The van der Waals surface area contributed by atoms with Crippen LogP contribution in [0.25, 0.3) is 10.4 Å². The third-order valence-corrected chi connectivity index (χ3v) is 6.73. The van der Waals surface area contributed by atoms with E-state index in [0.717, 1.165) is 10.4 Å². The van der Waals surface area contributed by atoms with Crippen LogP contribution in [0.1, 0.15) is 9.67 Å². The number of amides is 1. The van der Waals surface area contributed by atoms with Crippen LogP contribution in [0.5, 0.6) is 17.2 Å². The number of carbonyl (C=O) groups is 2. The Morgan fingerprint density at radius 3 is 2.72 bits per heavy atom. The lowest BCUT2D eigenvalue weighted by Crippen LogP contribution is -2.40. The van der Waals surface area contributed by atoms with E-state index in [2.05, 4.69) is 20.7 Å². The predicted octanol–water partition coefficient (Wildman–Crippen LogP) is 2.93. The summed E-state index contributed by atoms with van der Waals surface area (Å²) in [6, 6.07) is 5.56. The van der Waals surface area contributed by atoms with Gasteiger partial charge in [0.2, 0.25) is 6.79 Å². The number of hydrogen-bond acceptors (Lipinski definition) is 8. The van der Waals surface area contributed by atoms with Crippen molar-refractivity contribution in [2.45, 2.75) is 0 Å². The Bertz CT molecular complexity index is 939. The average Bonchev–Trinajstić information content (AvgIpc) is 3.35. The topological polar surface area (TPSA) is 83.5 Å². The standard InChI is InChI=1S/C19H18BrNO7S/c1-24-14(22)9-26-16-15(20)17(11-2-3-12-13(8-11)28-10-27-12)29-18(16)19(23)21-4-6-25-7-5-21/h2-3,8H,4-7,9-10H2,1H3. The quantitative estimate of drug-likeness (QED) is 0.604. The fourth-order valence-corrected chi connectivity index (χ4v) is 5.01. The van der Waals surface area contributed by atoms with Gasteiger partial charge >= 0.3 is 5.97 Å². The molecule has 2 aliphatic heterocycles. The molecule has 2 aliphatic rings. The fourth-order valence-electron chi connectivity index (χ4n) is 2.99. The Labute approximate surface area is 179 Å². The van der Waals surface area contributed by atoms with E-state index in [0.29, 0.717) is 52.9 Å². The van der Waals surface area contributed by atoms with Gasteiger partial charge in [-0.05, 0) is 39.7 Å². The van der Waals surface area contributed by atoms with E-state index in [1.54, 1.807) is 4.90 Å². The second-order valence-electron chi connectivity index (χ2n) is 6.24. The zero-order chi connectivity index (χ0) is 20.4. The summed E-state index contributed by atoms with van der Waals surface area (Å²) in [4.78, 5) is 27.6. The van der Waals surface area contributed by atoms with E-state index in [-0.39, 0.29) is 19.3 Å². The van der Waals surface area contributed by atoms with Gasteiger partial charge in [-0.1, -0.05) is 0 Å². The molecule has 1 saturated heterocycles. The van der Waals surface area contributed by atoms with Gasteiger partial charge in [-0.15, -0.1) is 11.3 Å². The second kappa shape index (κ2) is 8.60. The molecular weight excluding hydrogens is 466 g/mol. The Balaban J connectivity index is 1.71. The van der Waals surface area contributed by atoms with Gasteiger partial charge < -0.3 is 28.6 Å². The van der Waals surface area contributed by atoms with Crippen LogP contribution in [0.3, 0.4) is 0 Å². The molecule has 29 heavy (non-hydrogen) atoms. The van der Waals surface area contributed by atoms with Crippen molar-refractivity contribution in [3.8, 4) is 27.7 Å². The van der Waals surface area contributed by atoms with Gasteiger partial charge in [0.05, 0.1) is 29.7 Å². The van der Waals surface area contributed by atoms with Crippen molar-refractivity contribution in [2.75, 3.05) is 46.8 Å². The summed E-state index contributed by atoms with van der Waals surface area (Å²) in [5.74, 6) is 0.946. The number of fused-ring (bicyclic) bond motifs is 1. The van der Waals surface area contributed by atoms with Crippen molar-refractivity contribution in [1.82, 2.24) is 4.90 Å². The summed E-state index contributed by atoms with van der Waals surface area (Å²) in [6.07, 6.45) is 0. The third kappa shape index (κ3) is 4.05. The summed E-state index contributed by atoms with van der Waals surface area (Å²) < 4.78 is 27.1. The number of nitrogens with zero attached hydrogens (tertiary/aromatic N) is 1. The van der Waals surface area contributed by atoms with Gasteiger partial charge in [-0.2, -0.15) is 0 Å². The minimum atomic E-state index is -0.530. The van der Waals surface area contributed by atoms with Crippen LogP contribution in [0.4, 0.5) is 0 Å². The Morgan fingerprint density at radius 1 is 1.21 bits per heavy atom. The van der Waals surface area contributed by atoms with Gasteiger partial charge in [-0.25, -0.2) is 4.79 Å². The maximum Gasteiger partial charge on any atom is 0.343 e. The molecular formula is C19H18BrNO7S. The monoisotopic (exact) mass is 483 g/mol. The predicted molar refractivity (Wildman–Crippen MR) is 108 cm³/mol. The van der Waals surface area contributed by atoms with Gasteiger partial charge in [0.1, 0.15) is 4.88 Å². The van der Waals surface area contributed by atoms with Crippen molar-refractivity contribution in [3.63, 3.8) is 0 Å². The van der Waals surface area contributed by atoms with Crippen molar-refractivity contribution in [3.05, 3.63) is 27.5 Å². The number of rotatable bonds is 5. The molecule has 0 aliphatic carbocycles. The summed E-state index contributed by atoms with van der Waals surface area (Å²) in [6.45, 7) is 1.88. The first kappa shape index (κ1) is 20.0. The molecule has 0 bridgehead atoms. The van der Waals surface area contributed by atoms with E-state index < -0.39 is 5.97 Å². The number of thiophene rings is 1. The van der Waals surface area contributed by atoms with E-state index in [1.165, 1.54) is 18.4 Å². The molecule has 1 aromatic heterocycles. The highest BCUT2D eigenvalue weighted by molar-refractivity contribution is 9.10. The summed E-state index contributed by atoms with van der Waals surface area (Å²) in [5.41, 5.74) is 0.843. The molecule has 0 atom stereocenters. The highest BCUT2D eigenvalue weighted by Gasteiger charge is 2.29. The number of methoxy groups -OCH3 is 1. The molecule has 8 nitrogen and oxygen atoms in total. The number of carbonyl (C=O) groups excluding carboxylic acids is 2. The van der Waals surface area contributed by atoms with Crippen LogP contribution in [0, 0.1) is 0 Å². The maximum absolute atomic E-state index is 13.1. The van der Waals surface area contributed by atoms with Crippen molar-refractivity contribution < 1.29 is 33.3 Å². The van der Waals surface area contributed by atoms with Crippen LogP contribution < -0.4 is 14.2 Å². The first-order valence-electron chi connectivity index (χ1n) is 8.87. The first-order chi connectivity index (χ1) is 14.1. The van der Waals surface area contributed by atoms with Crippen LogP contribution in [-0.2, 0) is 14.3 Å². The lowest BCUT2D eigenvalue weighted by molar-refractivity contribution is -0.142. The lowest BCUT2D eigenvalue weighted by Gasteiger charge is -2.26. The minimum Gasteiger partial charge on any atom is -0.479 e. The summed E-state index contributed by atoms with van der Waals surface area (Å²) in [5, 5.41) is 0. The number of hydrogen-bond donors (Lipinski definition) is 0. The molecule has 10 heteroatoms. The van der Waals surface area contributed by atoms with Gasteiger partial charge in [0.15, 0.2) is 23.9 Å². The normalized spacial score (nSPS) is 15.3. The zero-order valence-corrected chi connectivity index (χ0v) is 18.0. The molecule has 4 rings (SSSR count). The first-order valence-corrected chi connectivity index (χ1v) is 10.5. The number of benzene rings is 1. The number of esters is 1. The van der Waals surface area contributed by atoms with Gasteiger partial charge in [-0.3, -0.25) is 4.79 Å². The lowest BCUT2D eigenvalue weighted by atomic mass is 10.1. The van der Waals surface area contributed by atoms with E-state index in [4.69, 9.17) is 18.9 Å². The third-order valence-electron chi connectivity index (χ3n) is 4.50. The van der Waals surface area contributed by atoms with E-state index in [9.17, 15) is 9.59 Å². The van der Waals surface area contributed by atoms with Gasteiger partial charge in [0, 0.05) is 13.1 Å². The molecule has 1 aromatic carbocycles. The van der Waals surface area contributed by atoms with Crippen molar-refractivity contribution in [2.24, 2.45) is 0 Å². The SMILES string of the molecule is COC(=O)COc1c(C(=O)N2CCOCC2)sc(-c2ccc3c(c2)OCO3)c1Br. The molecule has 3 heterocycles. The highest BCUT2D eigenvalue weighted by atomic mass is 79.9. The van der Waals surface area contributed by atoms with E-state index in [1.807, 2.05) is 18.2 Å². The Morgan fingerprint density at radius 2 is 1.97 bits per heavy atom. The Hall–Kier alpha value is -2.30. The largest absolute Gasteiger partial charge is 0.479 e. The van der Waals surface area contributed by atoms with Crippen LogP contribution in [0.15, 0.2) is 22.7 Å². The molecule has 1 amide bonds. The highest BCUT2D eigenvalue weighted by Crippen LogP contribution is 2.48. The molecule has 0 saturated carbocycles. The second-order valence-corrected chi connectivity index (χ2v) is 8.05. The van der Waals surface area contributed by atoms with Crippen molar-refractivity contribution in [1.29, 1.82) is 0 Å². The molecule has 154 valence electrons. The average molecular weight is 484 g/mol. The fraction of sp³-hybridized carbons (Fsp3) is 0.368. The number of halogens is 1. The molecule has 0 N–H and O–H groups in total. The van der Waals surface area contributed by atoms with Crippen LogP contribution in [0.2, 0.25) is 0 Å². The molecule has 0 spiro atoms. The summed E-state index contributed by atoms with van der Waals surface area (Å²) >= 11 is 4.84. The molecule has 0 radical (unpaired) electrons.